The van der Waals surface area contributed by atoms with Crippen LogP contribution >= 0.6 is 0 Å². The van der Waals surface area contributed by atoms with Gasteiger partial charge >= 0.3 is 0 Å². The van der Waals surface area contributed by atoms with Crippen molar-refractivity contribution in [2.75, 3.05) is 0 Å². The number of benzene rings is 2. The minimum atomic E-state index is -0.260. The summed E-state index contributed by atoms with van der Waals surface area (Å²) in [5, 5.41) is 38.9. The van der Waals surface area contributed by atoms with Crippen LogP contribution in [0.2, 0.25) is 0 Å². The van der Waals surface area contributed by atoms with Crippen LogP contribution in [-0.4, -0.2) is 20.4 Å². The van der Waals surface area contributed by atoms with Gasteiger partial charge in [-0.15, -0.1) is 13.2 Å². The quantitative estimate of drug-likeness (QED) is 0.482. The molecule has 2 aromatic rings. The van der Waals surface area contributed by atoms with Gasteiger partial charge in [-0.1, -0.05) is 24.3 Å². The van der Waals surface area contributed by atoms with Crippen LogP contribution in [0.3, 0.4) is 0 Å². The Hall–Kier alpha value is -2.60. The fourth-order valence-electron chi connectivity index (χ4n) is 3.15. The molecule has 0 spiro atoms. The van der Waals surface area contributed by atoms with Crippen molar-refractivity contribution in [2.24, 2.45) is 0 Å². The van der Waals surface area contributed by atoms with Crippen LogP contribution in [0.4, 0.5) is 0 Å². The molecule has 0 atom stereocenters. The molecule has 2 aromatic carbocycles. The highest BCUT2D eigenvalue weighted by Crippen LogP contribution is 2.28. The molecule has 144 valence electrons. The van der Waals surface area contributed by atoms with E-state index in [-0.39, 0.29) is 24.7 Å². The molecule has 0 amide bonds. The average Bonchev–Trinajstić information content (AvgIpc) is 2.66. The molecule has 4 N–H and O–H groups in total. The van der Waals surface area contributed by atoms with Crippen molar-refractivity contribution in [2.45, 2.75) is 39.3 Å². The van der Waals surface area contributed by atoms with E-state index in [1.807, 2.05) is 0 Å². The van der Waals surface area contributed by atoms with Crippen molar-refractivity contribution in [3.05, 3.63) is 83.0 Å². The number of aliphatic hydroxyl groups is 2. The van der Waals surface area contributed by atoms with E-state index in [0.29, 0.717) is 37.2 Å². The molecule has 0 fully saturated rings. The zero-order valence-corrected chi connectivity index (χ0v) is 15.3. The summed E-state index contributed by atoms with van der Waals surface area (Å²) in [5.41, 5.74) is 4.30. The van der Waals surface area contributed by atoms with Crippen LogP contribution in [-0.2, 0) is 44.0 Å². The van der Waals surface area contributed by atoms with E-state index in [0.717, 1.165) is 22.3 Å². The van der Waals surface area contributed by atoms with Gasteiger partial charge in [0, 0.05) is 11.1 Å². The summed E-state index contributed by atoms with van der Waals surface area (Å²) in [6, 6.07) is 6.64. The first-order chi connectivity index (χ1) is 13.1. The average molecular weight is 370 g/mol. The van der Waals surface area contributed by atoms with Gasteiger partial charge in [-0.2, -0.15) is 0 Å². The standard InChI is InChI=1S/C22H26O5/c1-3-5-17-15(7-9-21(25)19(17)11-23)13-27-14-16-8-10-22(26)20(12-24)18(16)6-4-2/h3-4,7-10,23-26H,1-2,5-6,11-14H2. The third kappa shape index (κ3) is 4.77. The lowest BCUT2D eigenvalue weighted by Crippen LogP contribution is -2.05. The third-order valence-electron chi connectivity index (χ3n) is 4.54. The molecule has 0 aliphatic rings. The lowest BCUT2D eigenvalue weighted by atomic mass is 9.97. The zero-order valence-electron chi connectivity index (χ0n) is 15.3. The summed E-state index contributed by atoms with van der Waals surface area (Å²) in [6.07, 6.45) is 4.46. The van der Waals surface area contributed by atoms with Gasteiger partial charge in [-0.25, -0.2) is 0 Å². The first-order valence-electron chi connectivity index (χ1n) is 8.73. The molecule has 0 radical (unpaired) electrons. The highest BCUT2D eigenvalue weighted by molar-refractivity contribution is 5.46. The summed E-state index contributed by atoms with van der Waals surface area (Å²) in [6.45, 7) is 7.52. The van der Waals surface area contributed by atoms with E-state index in [9.17, 15) is 20.4 Å². The largest absolute Gasteiger partial charge is 0.508 e. The number of aliphatic hydroxyl groups excluding tert-OH is 2. The molecule has 0 aromatic heterocycles. The highest BCUT2D eigenvalue weighted by atomic mass is 16.5. The summed E-state index contributed by atoms with van der Waals surface area (Å²) in [5.74, 6) is 0.106. The first kappa shape index (κ1) is 20.7. The van der Waals surface area contributed by atoms with Crippen molar-refractivity contribution in [3.8, 4) is 11.5 Å². The van der Waals surface area contributed by atoms with Crippen LogP contribution in [0, 0.1) is 0 Å². The third-order valence-corrected chi connectivity index (χ3v) is 4.54. The maximum atomic E-state index is 9.93. The second-order valence-corrected chi connectivity index (χ2v) is 6.20. The molecule has 0 aliphatic carbocycles. The molecule has 0 aliphatic heterocycles. The molecular weight excluding hydrogens is 344 g/mol. The lowest BCUT2D eigenvalue weighted by molar-refractivity contribution is 0.106. The number of rotatable bonds is 10. The number of hydrogen-bond donors (Lipinski definition) is 4. The normalized spacial score (nSPS) is 10.7. The van der Waals surface area contributed by atoms with Crippen LogP contribution < -0.4 is 0 Å². The Labute approximate surface area is 159 Å². The van der Waals surface area contributed by atoms with E-state index >= 15 is 0 Å². The summed E-state index contributed by atoms with van der Waals surface area (Å²) in [7, 11) is 0. The minimum Gasteiger partial charge on any atom is -0.508 e. The minimum absolute atomic E-state index is 0.0532. The van der Waals surface area contributed by atoms with Gasteiger partial charge in [0.15, 0.2) is 0 Å². The van der Waals surface area contributed by atoms with Crippen LogP contribution in [0.15, 0.2) is 49.6 Å². The molecular formula is C22H26O5. The zero-order chi connectivity index (χ0) is 19.8. The molecule has 0 bridgehead atoms. The maximum absolute atomic E-state index is 9.93. The van der Waals surface area contributed by atoms with Gasteiger partial charge in [0.1, 0.15) is 11.5 Å². The van der Waals surface area contributed by atoms with Gasteiger partial charge in [-0.05, 0) is 47.2 Å². The van der Waals surface area contributed by atoms with E-state index in [1.165, 1.54) is 0 Å². The van der Waals surface area contributed by atoms with Crippen molar-refractivity contribution in [3.63, 3.8) is 0 Å². The van der Waals surface area contributed by atoms with Crippen LogP contribution in [0.5, 0.6) is 11.5 Å². The molecule has 5 nitrogen and oxygen atoms in total. The fourth-order valence-corrected chi connectivity index (χ4v) is 3.15. The molecule has 0 heterocycles. The number of ether oxygens (including phenoxy) is 1. The second kappa shape index (κ2) is 9.92. The van der Waals surface area contributed by atoms with Crippen molar-refractivity contribution in [1.82, 2.24) is 0 Å². The summed E-state index contributed by atoms with van der Waals surface area (Å²) < 4.78 is 5.86. The fraction of sp³-hybridized carbons (Fsp3) is 0.273. The van der Waals surface area contributed by atoms with Gasteiger partial charge in [0.25, 0.3) is 0 Å². The van der Waals surface area contributed by atoms with E-state index < -0.39 is 0 Å². The predicted molar refractivity (Wildman–Crippen MR) is 104 cm³/mol. The van der Waals surface area contributed by atoms with Gasteiger partial charge < -0.3 is 25.2 Å². The number of hydrogen-bond acceptors (Lipinski definition) is 5. The van der Waals surface area contributed by atoms with Crippen molar-refractivity contribution < 1.29 is 25.2 Å². The first-order valence-corrected chi connectivity index (χ1v) is 8.73. The Kier molecular flexibility index (Phi) is 7.61. The number of aromatic hydroxyl groups is 2. The molecule has 5 heteroatoms. The monoisotopic (exact) mass is 370 g/mol. The Morgan fingerprint density at radius 2 is 1.11 bits per heavy atom. The smallest absolute Gasteiger partial charge is 0.121 e. The van der Waals surface area contributed by atoms with Crippen LogP contribution in [0.1, 0.15) is 33.4 Å². The Morgan fingerprint density at radius 3 is 1.44 bits per heavy atom. The van der Waals surface area contributed by atoms with Crippen molar-refractivity contribution >= 4 is 0 Å². The van der Waals surface area contributed by atoms with Crippen LogP contribution in [0.25, 0.3) is 0 Å². The second-order valence-electron chi connectivity index (χ2n) is 6.20. The highest BCUT2D eigenvalue weighted by Gasteiger charge is 2.14. The maximum Gasteiger partial charge on any atom is 0.121 e. The Morgan fingerprint density at radius 1 is 0.704 bits per heavy atom. The predicted octanol–water partition coefficient (Wildman–Crippen LogP) is 3.26. The SMILES string of the molecule is C=CCc1c(COCc2ccc(O)c(CO)c2CC=C)ccc(O)c1CO. The number of allylic oxidation sites excluding steroid dienone is 2. The van der Waals surface area contributed by atoms with Crippen molar-refractivity contribution in [1.29, 1.82) is 0 Å². The molecule has 0 unspecified atom stereocenters. The number of phenols is 2. The van der Waals surface area contributed by atoms with E-state index in [2.05, 4.69) is 13.2 Å². The molecule has 0 saturated heterocycles. The molecule has 2 rings (SSSR count). The molecule has 27 heavy (non-hydrogen) atoms. The summed E-state index contributed by atoms with van der Waals surface area (Å²) in [4.78, 5) is 0. The van der Waals surface area contributed by atoms with E-state index in [1.54, 1.807) is 36.4 Å². The van der Waals surface area contributed by atoms with E-state index in [4.69, 9.17) is 4.74 Å². The molecule has 0 saturated carbocycles. The van der Waals surface area contributed by atoms with Gasteiger partial charge in [0.05, 0.1) is 26.4 Å². The summed E-state index contributed by atoms with van der Waals surface area (Å²) >= 11 is 0. The topological polar surface area (TPSA) is 90.2 Å². The van der Waals surface area contributed by atoms with Gasteiger partial charge in [0.2, 0.25) is 0 Å². The Bertz CT molecular complexity index is 743. The van der Waals surface area contributed by atoms with Gasteiger partial charge in [-0.3, -0.25) is 0 Å². The Balaban J connectivity index is 2.22. The lowest BCUT2D eigenvalue weighted by Gasteiger charge is -2.16.